The lowest BCUT2D eigenvalue weighted by Gasteiger charge is -2.36. The molecule has 7 atom stereocenters. The molecule has 2 aromatic carbocycles. The molecule has 0 saturated carbocycles. The number of rotatable bonds is 15. The Hall–Kier alpha value is -5.69. The van der Waals surface area contributed by atoms with Gasteiger partial charge in [0.05, 0.1) is 74.8 Å². The predicted octanol–water partition coefficient (Wildman–Crippen LogP) is 5.10. The first-order chi connectivity index (χ1) is 32.2. The highest BCUT2D eigenvalue weighted by molar-refractivity contribution is 6.32. The third-order valence-corrected chi connectivity index (χ3v) is 12.7. The lowest BCUT2D eigenvalue weighted by molar-refractivity contribution is -0.198. The number of epoxide rings is 1. The average molecular weight is 963 g/mol. The average Bonchev–Trinajstić information content (AvgIpc) is 3.86. The highest BCUT2D eigenvalue weighted by Crippen LogP contribution is 2.45. The van der Waals surface area contributed by atoms with Crippen molar-refractivity contribution >= 4 is 47.1 Å². The monoisotopic (exact) mass is 961 g/mol. The maximum atomic E-state index is 14.1. The van der Waals surface area contributed by atoms with Crippen molar-refractivity contribution < 1.29 is 52.6 Å². The second kappa shape index (κ2) is 22.6. The fourth-order valence-corrected chi connectivity index (χ4v) is 8.34. The van der Waals surface area contributed by atoms with Crippen LogP contribution in [-0.2, 0) is 67.4 Å². The Morgan fingerprint density at radius 2 is 1.71 bits per heavy atom. The minimum atomic E-state index is -1.03. The number of halogens is 1. The molecule has 3 aromatic rings. The molecule has 3 N–H and O–H groups in total. The number of amides is 5. The number of hydroxylamine groups is 2. The van der Waals surface area contributed by atoms with Crippen LogP contribution in [-0.4, -0.2) is 106 Å². The van der Waals surface area contributed by atoms with E-state index in [2.05, 4.69) is 54.0 Å². The van der Waals surface area contributed by atoms with Gasteiger partial charge in [0.15, 0.2) is 0 Å². The molecule has 368 valence electrons. The summed E-state index contributed by atoms with van der Waals surface area (Å²) in [6.45, 7) is 14.5. The number of nitrogens with zero attached hydrogens (tertiary/aromatic N) is 4. The van der Waals surface area contributed by atoms with Gasteiger partial charge in [0.1, 0.15) is 23.6 Å². The zero-order valence-electron chi connectivity index (χ0n) is 40.0. The summed E-state index contributed by atoms with van der Waals surface area (Å²) in [5, 5.41) is 18.3. The van der Waals surface area contributed by atoms with Gasteiger partial charge in [-0.2, -0.15) is 0 Å². The van der Waals surface area contributed by atoms with Crippen LogP contribution in [0.1, 0.15) is 109 Å². The van der Waals surface area contributed by atoms with Crippen LogP contribution in [0, 0.1) is 16.7 Å². The van der Waals surface area contributed by atoms with Crippen molar-refractivity contribution in [1.29, 1.82) is 0 Å². The van der Waals surface area contributed by atoms with Crippen LogP contribution in [0.25, 0.3) is 0 Å². The van der Waals surface area contributed by atoms with Gasteiger partial charge in [-0.15, -0.1) is 10.2 Å². The molecule has 0 bridgehead atoms. The summed E-state index contributed by atoms with van der Waals surface area (Å²) in [6.07, 6.45) is 5.22. The predicted molar refractivity (Wildman–Crippen MR) is 248 cm³/mol. The molecule has 1 aromatic heterocycles. The zero-order valence-corrected chi connectivity index (χ0v) is 40.8. The molecule has 68 heavy (non-hydrogen) atoms. The van der Waals surface area contributed by atoms with Crippen LogP contribution >= 0.6 is 11.6 Å². The first-order valence-corrected chi connectivity index (χ1v) is 23.4. The standard InChI is InChI=1S/C49H64ClN7O11/c1-29(44-45(67-44)33-15-12-31(13-16-33)25-56-26-35(54-55-56)27-65-21-20-43(61)68-57-41(59)18-19-42(57)60)38-10-9-11-40(58)53-37(23-32-14-17-39(64-8)36(50)22-32)46(62)51-30(2)49(6,7)47(63)52-34(28-66-38)24-48(3,4)5/h9,11-17,22,26,29-30,34,37-38,44-45H,10,18-21,23-25,27-28H2,1-8H3,(H,51,62)(H,52,63)(H,53,58)/b11-9+/t29-,30-,34-,37+,38-,44+,45+/m0/s1. The summed E-state index contributed by atoms with van der Waals surface area (Å²) in [5.41, 5.74) is 2.06. The summed E-state index contributed by atoms with van der Waals surface area (Å²) < 4.78 is 25.5. The van der Waals surface area contributed by atoms with E-state index in [9.17, 15) is 28.8 Å². The molecular formula is C49H64ClN7O11. The Morgan fingerprint density at radius 1 is 1.00 bits per heavy atom. The molecule has 5 amide bonds. The number of carbonyl (C=O) groups is 6. The summed E-state index contributed by atoms with van der Waals surface area (Å²) in [7, 11) is 1.52. The summed E-state index contributed by atoms with van der Waals surface area (Å²) in [4.78, 5) is 81.7. The molecule has 18 nitrogen and oxygen atoms in total. The Kier molecular flexibility index (Phi) is 17.2. The smallest absolute Gasteiger partial charge is 0.335 e. The molecule has 0 spiro atoms. The molecule has 6 rings (SSSR count). The number of ether oxygens (including phenoxy) is 4. The van der Waals surface area contributed by atoms with E-state index in [-0.39, 0.29) is 81.0 Å². The van der Waals surface area contributed by atoms with E-state index in [1.807, 2.05) is 24.3 Å². The number of benzene rings is 2. The molecule has 0 aliphatic carbocycles. The fraction of sp³-hybridized carbons (Fsp3) is 0.551. The lowest BCUT2D eigenvalue weighted by Crippen LogP contribution is -2.57. The van der Waals surface area contributed by atoms with Crippen molar-refractivity contribution in [3.63, 3.8) is 0 Å². The number of hydrogen-bond donors (Lipinski definition) is 3. The third-order valence-electron chi connectivity index (χ3n) is 12.4. The molecule has 2 fully saturated rings. The molecule has 3 aliphatic heterocycles. The van der Waals surface area contributed by atoms with Crippen LogP contribution in [0.5, 0.6) is 5.75 Å². The van der Waals surface area contributed by atoms with Crippen LogP contribution in [0.15, 0.2) is 60.8 Å². The van der Waals surface area contributed by atoms with Gasteiger partial charge in [0, 0.05) is 31.2 Å². The molecule has 2 saturated heterocycles. The number of carbonyl (C=O) groups excluding carboxylic acids is 6. The number of aromatic nitrogens is 3. The van der Waals surface area contributed by atoms with Crippen molar-refractivity contribution in [2.75, 3.05) is 20.3 Å². The van der Waals surface area contributed by atoms with E-state index in [1.165, 1.54) is 13.2 Å². The summed E-state index contributed by atoms with van der Waals surface area (Å²) >= 11 is 6.41. The third kappa shape index (κ3) is 14.2. The second-order valence-corrected chi connectivity index (χ2v) is 19.9. The molecule has 0 unspecified atom stereocenters. The number of methoxy groups -OCH3 is 1. The van der Waals surface area contributed by atoms with Crippen molar-refractivity contribution in [1.82, 2.24) is 36.0 Å². The van der Waals surface area contributed by atoms with Crippen molar-refractivity contribution in [3.05, 3.63) is 88.2 Å². The minimum Gasteiger partial charge on any atom is -0.495 e. The van der Waals surface area contributed by atoms with Gasteiger partial charge in [-0.3, -0.25) is 24.0 Å². The normalized spacial score (nSPS) is 24.7. The van der Waals surface area contributed by atoms with Gasteiger partial charge < -0.3 is 39.7 Å². The van der Waals surface area contributed by atoms with Gasteiger partial charge in [-0.25, -0.2) is 9.48 Å². The largest absolute Gasteiger partial charge is 0.495 e. The molecule has 19 heteroatoms. The van der Waals surface area contributed by atoms with Crippen molar-refractivity contribution in [2.24, 2.45) is 16.7 Å². The molecule has 0 radical (unpaired) electrons. The topological polar surface area (TPSA) is 222 Å². The van der Waals surface area contributed by atoms with E-state index >= 15 is 0 Å². The van der Waals surface area contributed by atoms with Crippen LogP contribution < -0.4 is 20.7 Å². The first-order valence-electron chi connectivity index (χ1n) is 23.0. The second-order valence-electron chi connectivity index (χ2n) is 19.5. The van der Waals surface area contributed by atoms with Gasteiger partial charge in [-0.1, -0.05) is 80.9 Å². The lowest BCUT2D eigenvalue weighted by atomic mass is 9.82. The molecule has 4 heterocycles. The van der Waals surface area contributed by atoms with E-state index < -0.39 is 53.2 Å². The minimum absolute atomic E-state index is 0.00568. The van der Waals surface area contributed by atoms with Gasteiger partial charge >= 0.3 is 5.97 Å². The fourth-order valence-electron chi connectivity index (χ4n) is 8.06. The van der Waals surface area contributed by atoms with Crippen LogP contribution in [0.3, 0.4) is 0 Å². The summed E-state index contributed by atoms with van der Waals surface area (Å²) in [6, 6.07) is 11.3. The molecular weight excluding hydrogens is 898 g/mol. The SMILES string of the molecule is COc1ccc(C[C@H]2NC(=O)/C=C/C[C@@H]([C@H](C)[C@H]3O[C@@H]3c3ccc(Cn4cc(COCCC(=O)ON5C(=O)CCC5=O)nn4)cc3)OC[C@H](CC(C)(C)C)NC(=O)C(C)(C)[C@H](C)NC2=O)cc1Cl. The van der Waals surface area contributed by atoms with E-state index in [1.54, 1.807) is 55.9 Å². The number of hydrogen-bond acceptors (Lipinski definition) is 13. The highest BCUT2D eigenvalue weighted by Gasteiger charge is 2.47. The Labute approximate surface area is 402 Å². The van der Waals surface area contributed by atoms with E-state index in [0.29, 0.717) is 46.5 Å². The molecule has 3 aliphatic rings. The first kappa shape index (κ1) is 51.7. The van der Waals surface area contributed by atoms with Crippen molar-refractivity contribution in [2.45, 2.75) is 137 Å². The Bertz CT molecular complexity index is 2310. The number of nitrogens with one attached hydrogen (secondary N) is 3. The number of imide groups is 1. The summed E-state index contributed by atoms with van der Waals surface area (Å²) in [5.74, 6) is -2.58. The van der Waals surface area contributed by atoms with Gasteiger partial charge in [0.25, 0.3) is 11.8 Å². The van der Waals surface area contributed by atoms with Gasteiger partial charge in [0.2, 0.25) is 17.7 Å². The maximum absolute atomic E-state index is 14.1. The van der Waals surface area contributed by atoms with Crippen molar-refractivity contribution in [3.8, 4) is 5.75 Å². The zero-order chi connectivity index (χ0) is 49.3. The van der Waals surface area contributed by atoms with Crippen LogP contribution in [0.4, 0.5) is 0 Å². The Balaban J connectivity index is 1.09. The maximum Gasteiger partial charge on any atom is 0.335 e. The van der Waals surface area contributed by atoms with E-state index in [4.69, 9.17) is 35.4 Å². The van der Waals surface area contributed by atoms with E-state index in [0.717, 1.165) is 11.1 Å². The van der Waals surface area contributed by atoms with Gasteiger partial charge in [-0.05, 0) is 73.9 Å². The quantitative estimate of drug-likeness (QED) is 0.103. The Morgan fingerprint density at radius 3 is 2.38 bits per heavy atom. The van der Waals surface area contributed by atoms with Crippen LogP contribution in [0.2, 0.25) is 5.02 Å². The highest BCUT2D eigenvalue weighted by atomic mass is 35.5.